The van der Waals surface area contributed by atoms with Gasteiger partial charge in [0, 0.05) is 56.4 Å². The Morgan fingerprint density at radius 3 is 2.26 bits per heavy atom. The van der Waals surface area contributed by atoms with Crippen molar-refractivity contribution in [1.29, 1.82) is 0 Å². The minimum Gasteiger partial charge on any atom is -0.475 e. The minimum atomic E-state index is -5.08. The van der Waals surface area contributed by atoms with Crippen LogP contribution >= 0.6 is 0 Å². The third-order valence-electron chi connectivity index (χ3n) is 6.05. The fraction of sp³-hybridized carbons (Fsp3) is 0.524. The summed E-state index contributed by atoms with van der Waals surface area (Å²) in [7, 11) is -1.06. The van der Waals surface area contributed by atoms with Gasteiger partial charge in [-0.3, -0.25) is 9.19 Å². The predicted octanol–water partition coefficient (Wildman–Crippen LogP) is 1.43. The Hall–Kier alpha value is -3.00. The number of hydrogen-bond acceptors (Lipinski definition) is 9. The monoisotopic (exact) mass is 514 g/mol. The molecule has 1 saturated heterocycles. The number of alkyl halides is 3. The number of carboxylic acid groups (broad SMARTS) is 1. The summed E-state index contributed by atoms with van der Waals surface area (Å²) in [6.07, 6.45) is 1.09. The number of carbonyl (C=O) groups is 1. The standard InChI is InChI=1S/C19H24N6O2S.C2HF3O2/c26-13-19(4-5-19)23-17-16-15(3-12-28(16)27)21-18(22-17)25-10-8-24(9-11-25)14-1-6-20-7-2-14;3-2(4,5)1(6)7/h1-2,6-7,26H,3-5,8-13H2,(H,21,22,23);(H,6,7). The molecule has 10 nitrogen and oxygen atoms in total. The largest absolute Gasteiger partial charge is 0.490 e. The van der Waals surface area contributed by atoms with E-state index in [1.165, 1.54) is 5.69 Å². The number of carboxylic acids is 1. The third kappa shape index (κ3) is 5.81. The van der Waals surface area contributed by atoms with Gasteiger partial charge in [-0.05, 0) is 25.0 Å². The highest BCUT2D eigenvalue weighted by Crippen LogP contribution is 2.41. The van der Waals surface area contributed by atoms with Gasteiger partial charge in [0.15, 0.2) is 0 Å². The zero-order valence-corrected chi connectivity index (χ0v) is 19.5. The van der Waals surface area contributed by atoms with E-state index in [-0.39, 0.29) is 12.1 Å². The quantitative estimate of drug-likeness (QED) is 0.538. The maximum Gasteiger partial charge on any atom is 0.490 e. The zero-order valence-electron chi connectivity index (χ0n) is 18.7. The van der Waals surface area contributed by atoms with Gasteiger partial charge < -0.3 is 25.3 Å². The van der Waals surface area contributed by atoms with Crippen molar-refractivity contribution in [2.24, 2.45) is 0 Å². The van der Waals surface area contributed by atoms with E-state index >= 15 is 0 Å². The molecule has 190 valence electrons. The lowest BCUT2D eigenvalue weighted by Crippen LogP contribution is -2.47. The molecular formula is C21H25F3N6O4S. The Morgan fingerprint density at radius 1 is 1.11 bits per heavy atom. The second kappa shape index (κ2) is 9.93. The Kier molecular flexibility index (Phi) is 7.12. The molecule has 1 atom stereocenters. The highest BCUT2D eigenvalue weighted by molar-refractivity contribution is 7.85. The van der Waals surface area contributed by atoms with Crippen molar-refractivity contribution in [2.45, 2.75) is 35.9 Å². The van der Waals surface area contributed by atoms with Gasteiger partial charge in [0.1, 0.15) is 10.7 Å². The number of nitrogens with one attached hydrogen (secondary N) is 1. The molecule has 0 radical (unpaired) electrons. The molecule has 0 aromatic carbocycles. The molecule has 2 aromatic rings. The van der Waals surface area contributed by atoms with Crippen LogP contribution in [-0.2, 0) is 22.0 Å². The summed E-state index contributed by atoms with van der Waals surface area (Å²) in [4.78, 5) is 27.8. The summed E-state index contributed by atoms with van der Waals surface area (Å²) in [5, 5.41) is 20.2. The first-order valence-electron chi connectivity index (χ1n) is 11.0. The molecule has 3 aliphatic rings. The minimum absolute atomic E-state index is 0.0678. The summed E-state index contributed by atoms with van der Waals surface area (Å²) in [5.74, 6) is -0.806. The summed E-state index contributed by atoms with van der Waals surface area (Å²) >= 11 is 0. The molecule has 14 heteroatoms. The van der Waals surface area contributed by atoms with Crippen LogP contribution in [0.3, 0.4) is 0 Å². The first kappa shape index (κ1) is 25.1. The molecule has 0 spiro atoms. The lowest BCUT2D eigenvalue weighted by atomic mass is 10.2. The Morgan fingerprint density at radius 2 is 1.71 bits per heavy atom. The fourth-order valence-electron chi connectivity index (χ4n) is 3.85. The van der Waals surface area contributed by atoms with Crippen LogP contribution in [0, 0.1) is 0 Å². The predicted molar refractivity (Wildman–Crippen MR) is 122 cm³/mol. The molecule has 3 N–H and O–H groups in total. The molecule has 1 aliphatic carbocycles. The number of fused-ring (bicyclic) bond motifs is 1. The van der Waals surface area contributed by atoms with E-state index in [0.717, 1.165) is 56.0 Å². The number of anilines is 3. The van der Waals surface area contributed by atoms with Crippen LogP contribution in [0.5, 0.6) is 0 Å². The fourth-order valence-corrected chi connectivity index (χ4v) is 5.16. The van der Waals surface area contributed by atoms with E-state index in [1.54, 1.807) is 0 Å². The number of aliphatic hydroxyl groups is 1. The molecule has 0 bridgehead atoms. The van der Waals surface area contributed by atoms with E-state index < -0.39 is 22.9 Å². The molecular weight excluding hydrogens is 489 g/mol. The molecule has 2 aliphatic heterocycles. The summed E-state index contributed by atoms with van der Waals surface area (Å²) in [5.41, 5.74) is 1.77. The number of aromatic nitrogens is 3. The SMILES string of the molecule is O=C(O)C(F)(F)F.O=S1CCc2nc(N3CCN(c4ccncc4)CC3)nc(NC3(CO)CC3)c21. The molecule has 1 unspecified atom stereocenters. The lowest BCUT2D eigenvalue weighted by Gasteiger charge is -2.36. The van der Waals surface area contributed by atoms with Crippen LogP contribution in [-0.4, -0.2) is 85.6 Å². The molecule has 2 aromatic heterocycles. The highest BCUT2D eigenvalue weighted by atomic mass is 32.2. The zero-order chi connectivity index (χ0) is 25.2. The summed E-state index contributed by atoms with van der Waals surface area (Å²) in [6.45, 7) is 3.50. The second-order valence-corrected chi connectivity index (χ2v) is 10.0. The van der Waals surface area contributed by atoms with Crippen molar-refractivity contribution in [3.05, 3.63) is 30.2 Å². The molecule has 4 heterocycles. The average molecular weight is 515 g/mol. The van der Waals surface area contributed by atoms with Crippen molar-refractivity contribution in [2.75, 3.05) is 53.7 Å². The van der Waals surface area contributed by atoms with Crippen molar-refractivity contribution in [1.82, 2.24) is 15.0 Å². The molecule has 1 saturated carbocycles. The summed E-state index contributed by atoms with van der Waals surface area (Å²) < 4.78 is 44.2. The number of rotatable bonds is 5. The number of aryl methyl sites for hydroxylation is 1. The number of aliphatic carboxylic acids is 1. The van der Waals surface area contributed by atoms with Gasteiger partial charge in [-0.15, -0.1) is 0 Å². The number of halogens is 3. The van der Waals surface area contributed by atoms with Crippen LogP contribution in [0.2, 0.25) is 0 Å². The van der Waals surface area contributed by atoms with Crippen LogP contribution < -0.4 is 15.1 Å². The maximum atomic E-state index is 12.5. The van der Waals surface area contributed by atoms with Crippen molar-refractivity contribution in [3.63, 3.8) is 0 Å². The van der Waals surface area contributed by atoms with Crippen LogP contribution in [0.4, 0.5) is 30.6 Å². The Balaban J connectivity index is 0.000000364. The van der Waals surface area contributed by atoms with Gasteiger partial charge in [-0.25, -0.2) is 9.78 Å². The van der Waals surface area contributed by atoms with Gasteiger partial charge >= 0.3 is 12.1 Å². The van der Waals surface area contributed by atoms with E-state index in [4.69, 9.17) is 19.9 Å². The molecule has 5 rings (SSSR count). The highest BCUT2D eigenvalue weighted by Gasteiger charge is 2.44. The summed E-state index contributed by atoms with van der Waals surface area (Å²) in [6, 6.07) is 4.06. The number of piperazine rings is 1. The van der Waals surface area contributed by atoms with Crippen LogP contribution in [0.15, 0.2) is 29.4 Å². The van der Waals surface area contributed by atoms with Gasteiger partial charge in [0.25, 0.3) is 0 Å². The third-order valence-corrected chi connectivity index (χ3v) is 7.51. The smallest absolute Gasteiger partial charge is 0.475 e. The van der Waals surface area contributed by atoms with Crippen LogP contribution in [0.1, 0.15) is 18.5 Å². The van der Waals surface area contributed by atoms with E-state index in [2.05, 4.69) is 20.1 Å². The number of hydrogen-bond donors (Lipinski definition) is 3. The second-order valence-electron chi connectivity index (χ2n) is 8.49. The lowest BCUT2D eigenvalue weighted by molar-refractivity contribution is -0.192. The first-order chi connectivity index (χ1) is 16.6. The number of nitrogens with zero attached hydrogens (tertiary/aromatic N) is 5. The average Bonchev–Trinajstić information content (AvgIpc) is 3.52. The van der Waals surface area contributed by atoms with Crippen molar-refractivity contribution in [3.8, 4) is 0 Å². The first-order valence-corrected chi connectivity index (χ1v) is 12.3. The van der Waals surface area contributed by atoms with Crippen LogP contribution in [0.25, 0.3) is 0 Å². The Bertz CT molecular complexity index is 1090. The van der Waals surface area contributed by atoms with Gasteiger partial charge in [0.2, 0.25) is 5.95 Å². The van der Waals surface area contributed by atoms with Crippen molar-refractivity contribution < 1.29 is 32.4 Å². The number of pyridine rings is 1. The van der Waals surface area contributed by atoms with E-state index in [1.807, 2.05) is 24.5 Å². The van der Waals surface area contributed by atoms with Gasteiger partial charge in [0.05, 0.1) is 28.6 Å². The topological polar surface area (TPSA) is 132 Å². The normalized spacial score (nSPS) is 20.5. The van der Waals surface area contributed by atoms with Gasteiger partial charge in [-0.1, -0.05) is 0 Å². The van der Waals surface area contributed by atoms with E-state index in [0.29, 0.717) is 17.5 Å². The Labute approximate surface area is 201 Å². The molecule has 0 amide bonds. The van der Waals surface area contributed by atoms with Crippen molar-refractivity contribution >= 4 is 34.2 Å². The molecule has 35 heavy (non-hydrogen) atoms. The maximum absolute atomic E-state index is 12.5. The van der Waals surface area contributed by atoms with E-state index in [9.17, 15) is 22.5 Å². The number of aliphatic hydroxyl groups excluding tert-OH is 1. The molecule has 2 fully saturated rings. The van der Waals surface area contributed by atoms with Gasteiger partial charge in [-0.2, -0.15) is 18.2 Å².